The second kappa shape index (κ2) is 6.96. The summed E-state index contributed by atoms with van der Waals surface area (Å²) in [5, 5.41) is 0.661. The quantitative estimate of drug-likeness (QED) is 0.807. The molecule has 0 bridgehead atoms. The summed E-state index contributed by atoms with van der Waals surface area (Å²) in [5.74, 6) is 1.26. The number of rotatable bonds is 5. The van der Waals surface area contributed by atoms with Crippen molar-refractivity contribution in [3.8, 4) is 11.5 Å². The standard InChI is InChI=1S/C20H22ClNO3/c1-20(2)11-15-7-5-9-17(19(15)25-20)24-13-18(23)22(3)12-14-6-4-8-16(21)10-14/h4-10H,11-13H2,1-3H3. The van der Waals surface area contributed by atoms with Crippen LogP contribution < -0.4 is 9.47 Å². The van der Waals surface area contributed by atoms with Crippen molar-refractivity contribution in [1.29, 1.82) is 0 Å². The van der Waals surface area contributed by atoms with Gasteiger partial charge in [0.2, 0.25) is 0 Å². The first-order valence-corrected chi connectivity index (χ1v) is 8.64. The molecule has 0 saturated heterocycles. The minimum absolute atomic E-state index is 0.0304. The van der Waals surface area contributed by atoms with E-state index in [4.69, 9.17) is 21.1 Å². The molecule has 4 nitrogen and oxygen atoms in total. The lowest BCUT2D eigenvalue weighted by atomic mass is 10.0. The first kappa shape index (κ1) is 17.6. The van der Waals surface area contributed by atoms with E-state index >= 15 is 0 Å². The summed E-state index contributed by atoms with van der Waals surface area (Å²) in [5.41, 5.74) is 1.85. The molecule has 2 aromatic carbocycles. The largest absolute Gasteiger partial charge is 0.483 e. The highest BCUT2D eigenvalue weighted by molar-refractivity contribution is 6.30. The molecule has 5 heteroatoms. The van der Waals surface area contributed by atoms with Crippen molar-refractivity contribution in [3.05, 3.63) is 58.6 Å². The molecule has 0 atom stereocenters. The van der Waals surface area contributed by atoms with Crippen molar-refractivity contribution < 1.29 is 14.3 Å². The number of carbonyl (C=O) groups is 1. The van der Waals surface area contributed by atoms with Crippen LogP contribution in [0.1, 0.15) is 25.0 Å². The molecule has 0 aliphatic carbocycles. The van der Waals surface area contributed by atoms with Crippen molar-refractivity contribution >= 4 is 17.5 Å². The average Bonchev–Trinajstić information content (AvgIpc) is 2.86. The van der Waals surface area contributed by atoms with E-state index in [2.05, 4.69) is 0 Å². The number of carbonyl (C=O) groups excluding carboxylic acids is 1. The van der Waals surface area contributed by atoms with E-state index in [1.165, 1.54) is 0 Å². The molecule has 1 amide bonds. The normalized spacial score (nSPS) is 14.6. The Morgan fingerprint density at radius 2 is 2.04 bits per heavy atom. The molecule has 1 aliphatic heterocycles. The molecule has 0 saturated carbocycles. The molecule has 0 unspecified atom stereocenters. The smallest absolute Gasteiger partial charge is 0.260 e. The Balaban J connectivity index is 1.61. The van der Waals surface area contributed by atoms with Gasteiger partial charge in [-0.15, -0.1) is 0 Å². The Kier molecular flexibility index (Phi) is 4.91. The average molecular weight is 360 g/mol. The third-order valence-electron chi connectivity index (χ3n) is 4.14. The van der Waals surface area contributed by atoms with Crippen LogP contribution in [0.4, 0.5) is 0 Å². The molecule has 132 valence electrons. The van der Waals surface area contributed by atoms with Gasteiger partial charge in [0.15, 0.2) is 18.1 Å². The van der Waals surface area contributed by atoms with Crippen LogP contribution in [0.25, 0.3) is 0 Å². The van der Waals surface area contributed by atoms with Crippen LogP contribution in [-0.4, -0.2) is 30.1 Å². The Labute approximate surface area is 153 Å². The van der Waals surface area contributed by atoms with Gasteiger partial charge >= 0.3 is 0 Å². The van der Waals surface area contributed by atoms with Crippen molar-refractivity contribution in [2.75, 3.05) is 13.7 Å². The number of fused-ring (bicyclic) bond motifs is 1. The van der Waals surface area contributed by atoms with E-state index in [0.717, 1.165) is 23.3 Å². The van der Waals surface area contributed by atoms with Gasteiger partial charge in [-0.3, -0.25) is 4.79 Å². The zero-order valence-electron chi connectivity index (χ0n) is 14.7. The molecule has 0 N–H and O–H groups in total. The Morgan fingerprint density at radius 3 is 2.80 bits per heavy atom. The molecule has 1 aliphatic rings. The number of halogens is 1. The molecule has 0 spiro atoms. The lowest BCUT2D eigenvalue weighted by molar-refractivity contribution is -0.132. The zero-order chi connectivity index (χ0) is 18.0. The van der Waals surface area contributed by atoms with Gasteiger partial charge in [-0.05, 0) is 37.6 Å². The maximum absolute atomic E-state index is 12.4. The minimum atomic E-state index is -0.241. The van der Waals surface area contributed by atoms with Crippen molar-refractivity contribution in [1.82, 2.24) is 4.90 Å². The van der Waals surface area contributed by atoms with Crippen molar-refractivity contribution in [3.63, 3.8) is 0 Å². The molecule has 1 heterocycles. The number of ether oxygens (including phenoxy) is 2. The van der Waals surface area contributed by atoms with E-state index in [1.54, 1.807) is 11.9 Å². The molecular formula is C20H22ClNO3. The highest BCUT2D eigenvalue weighted by Gasteiger charge is 2.32. The number of para-hydroxylation sites is 1. The zero-order valence-corrected chi connectivity index (χ0v) is 15.5. The lowest BCUT2D eigenvalue weighted by Crippen LogP contribution is -2.31. The van der Waals surface area contributed by atoms with Gasteiger partial charge in [0.25, 0.3) is 5.91 Å². The summed E-state index contributed by atoms with van der Waals surface area (Å²) < 4.78 is 11.7. The van der Waals surface area contributed by atoms with Gasteiger partial charge in [-0.25, -0.2) is 0 Å². The van der Waals surface area contributed by atoms with Crippen LogP contribution in [0, 0.1) is 0 Å². The molecule has 0 aromatic heterocycles. The van der Waals surface area contributed by atoms with E-state index in [9.17, 15) is 4.79 Å². The topological polar surface area (TPSA) is 38.8 Å². The predicted molar refractivity (Wildman–Crippen MR) is 98.3 cm³/mol. The van der Waals surface area contributed by atoms with Crippen LogP contribution in [0.3, 0.4) is 0 Å². The maximum Gasteiger partial charge on any atom is 0.260 e. The fourth-order valence-electron chi connectivity index (χ4n) is 2.95. The van der Waals surface area contributed by atoms with Crippen LogP contribution in [0.15, 0.2) is 42.5 Å². The van der Waals surface area contributed by atoms with Gasteiger partial charge in [-0.1, -0.05) is 35.9 Å². The molecule has 25 heavy (non-hydrogen) atoms. The van der Waals surface area contributed by atoms with Crippen LogP contribution in [0.5, 0.6) is 11.5 Å². The monoisotopic (exact) mass is 359 g/mol. The molecule has 3 rings (SSSR count). The van der Waals surface area contributed by atoms with Crippen LogP contribution in [-0.2, 0) is 17.8 Å². The first-order valence-electron chi connectivity index (χ1n) is 8.26. The third-order valence-corrected chi connectivity index (χ3v) is 4.38. The number of amides is 1. The van der Waals surface area contributed by atoms with Gasteiger partial charge in [0.05, 0.1) is 0 Å². The van der Waals surface area contributed by atoms with E-state index < -0.39 is 0 Å². The fraction of sp³-hybridized carbons (Fsp3) is 0.350. The third kappa shape index (κ3) is 4.26. The fourth-order valence-corrected chi connectivity index (χ4v) is 3.16. The maximum atomic E-state index is 12.4. The summed E-state index contributed by atoms with van der Waals surface area (Å²) in [6.07, 6.45) is 0.835. The summed E-state index contributed by atoms with van der Waals surface area (Å²) in [6, 6.07) is 13.3. The highest BCUT2D eigenvalue weighted by atomic mass is 35.5. The lowest BCUT2D eigenvalue weighted by Gasteiger charge is -2.20. The van der Waals surface area contributed by atoms with E-state index in [1.807, 2.05) is 56.3 Å². The van der Waals surface area contributed by atoms with Gasteiger partial charge in [-0.2, -0.15) is 0 Å². The number of hydrogen-bond acceptors (Lipinski definition) is 3. The first-order chi connectivity index (χ1) is 11.8. The SMILES string of the molecule is CN(Cc1cccc(Cl)c1)C(=O)COc1cccc2c1OC(C)(C)C2. The Hall–Kier alpha value is -2.20. The second-order valence-corrected chi connectivity index (χ2v) is 7.39. The highest BCUT2D eigenvalue weighted by Crippen LogP contribution is 2.41. The second-order valence-electron chi connectivity index (χ2n) is 6.95. The summed E-state index contributed by atoms with van der Waals surface area (Å²) in [7, 11) is 1.75. The van der Waals surface area contributed by atoms with Crippen LogP contribution in [0.2, 0.25) is 5.02 Å². The number of nitrogens with zero attached hydrogens (tertiary/aromatic N) is 1. The Morgan fingerprint density at radius 1 is 1.28 bits per heavy atom. The Bertz CT molecular complexity index is 788. The summed E-state index contributed by atoms with van der Waals surface area (Å²) in [4.78, 5) is 14.0. The summed E-state index contributed by atoms with van der Waals surface area (Å²) >= 11 is 5.98. The van der Waals surface area contributed by atoms with Gasteiger partial charge in [0.1, 0.15) is 5.60 Å². The number of hydrogen-bond donors (Lipinski definition) is 0. The predicted octanol–water partition coefficient (Wildman–Crippen LogP) is 4.09. The van der Waals surface area contributed by atoms with Gasteiger partial charge in [0, 0.05) is 30.6 Å². The van der Waals surface area contributed by atoms with E-state index in [-0.39, 0.29) is 18.1 Å². The molecule has 0 radical (unpaired) electrons. The minimum Gasteiger partial charge on any atom is -0.483 e. The molecule has 2 aromatic rings. The van der Waals surface area contributed by atoms with Crippen molar-refractivity contribution in [2.24, 2.45) is 0 Å². The van der Waals surface area contributed by atoms with Crippen molar-refractivity contribution in [2.45, 2.75) is 32.4 Å². The number of benzene rings is 2. The molecular weight excluding hydrogens is 338 g/mol. The molecule has 0 fully saturated rings. The van der Waals surface area contributed by atoms with Gasteiger partial charge < -0.3 is 14.4 Å². The van der Waals surface area contributed by atoms with Crippen LogP contribution >= 0.6 is 11.6 Å². The summed E-state index contributed by atoms with van der Waals surface area (Å²) in [6.45, 7) is 4.54. The number of likely N-dealkylation sites (N-methyl/N-ethyl adjacent to an activating group) is 1. The van der Waals surface area contributed by atoms with E-state index in [0.29, 0.717) is 17.3 Å².